The lowest BCUT2D eigenvalue weighted by Gasteiger charge is -2.02. The normalized spacial score (nSPS) is 8.53. The van der Waals surface area contributed by atoms with Crippen LogP contribution in [0.25, 0.3) is 10.4 Å². The highest BCUT2D eigenvalue weighted by molar-refractivity contribution is 5.52. The standard InChI is InChI=1S/C10H8N4O3/c1-17-10-7-9(14(15)16)5-4-8(10)3-2-6-12-13-11/h4-5,7H,6H2,1H3. The van der Waals surface area contributed by atoms with E-state index in [0.29, 0.717) is 11.3 Å². The van der Waals surface area contributed by atoms with Crippen LogP contribution < -0.4 is 4.74 Å². The zero-order valence-electron chi connectivity index (χ0n) is 8.95. The van der Waals surface area contributed by atoms with Gasteiger partial charge < -0.3 is 4.74 Å². The molecule has 0 saturated carbocycles. The Morgan fingerprint density at radius 1 is 1.65 bits per heavy atom. The van der Waals surface area contributed by atoms with E-state index in [1.54, 1.807) is 0 Å². The molecule has 0 aliphatic heterocycles. The molecule has 0 aliphatic carbocycles. The highest BCUT2D eigenvalue weighted by Crippen LogP contribution is 2.23. The zero-order chi connectivity index (χ0) is 12.7. The van der Waals surface area contributed by atoms with E-state index in [0.717, 1.165) is 0 Å². The Hall–Kier alpha value is -2.71. The van der Waals surface area contributed by atoms with Gasteiger partial charge in [-0.15, -0.1) is 0 Å². The van der Waals surface area contributed by atoms with Crippen LogP contribution in [0.15, 0.2) is 23.3 Å². The van der Waals surface area contributed by atoms with Gasteiger partial charge in [-0.2, -0.15) is 0 Å². The maximum absolute atomic E-state index is 10.5. The summed E-state index contributed by atoms with van der Waals surface area (Å²) in [4.78, 5) is 12.6. The van der Waals surface area contributed by atoms with E-state index in [1.165, 1.54) is 25.3 Å². The van der Waals surface area contributed by atoms with Crippen molar-refractivity contribution in [3.05, 3.63) is 44.3 Å². The van der Waals surface area contributed by atoms with Crippen LogP contribution in [0.4, 0.5) is 5.69 Å². The van der Waals surface area contributed by atoms with Crippen molar-refractivity contribution in [2.75, 3.05) is 13.7 Å². The Labute approximate surface area is 96.8 Å². The van der Waals surface area contributed by atoms with Gasteiger partial charge in [0.25, 0.3) is 5.69 Å². The van der Waals surface area contributed by atoms with Crippen LogP contribution in [0.2, 0.25) is 0 Å². The molecule has 0 radical (unpaired) electrons. The molecule has 0 atom stereocenters. The molecule has 0 bridgehead atoms. The number of benzene rings is 1. The first-order chi connectivity index (χ1) is 8.19. The van der Waals surface area contributed by atoms with Crippen LogP contribution in [0.1, 0.15) is 5.56 Å². The molecule has 0 aromatic heterocycles. The van der Waals surface area contributed by atoms with E-state index in [2.05, 4.69) is 21.9 Å². The molecule has 0 spiro atoms. The van der Waals surface area contributed by atoms with Gasteiger partial charge in [-0.3, -0.25) is 10.1 Å². The van der Waals surface area contributed by atoms with Crippen molar-refractivity contribution in [1.82, 2.24) is 0 Å². The summed E-state index contributed by atoms with van der Waals surface area (Å²) in [7, 11) is 1.40. The lowest BCUT2D eigenvalue weighted by molar-refractivity contribution is -0.384. The number of nitro benzene ring substituents is 1. The molecule has 86 valence electrons. The molecule has 7 heteroatoms. The number of azide groups is 1. The van der Waals surface area contributed by atoms with Gasteiger partial charge in [0.2, 0.25) is 0 Å². The molecular formula is C10H8N4O3. The highest BCUT2D eigenvalue weighted by atomic mass is 16.6. The van der Waals surface area contributed by atoms with E-state index >= 15 is 0 Å². The maximum Gasteiger partial charge on any atom is 0.273 e. The van der Waals surface area contributed by atoms with Crippen LogP contribution in [-0.2, 0) is 0 Å². The molecule has 0 saturated heterocycles. The van der Waals surface area contributed by atoms with Gasteiger partial charge >= 0.3 is 0 Å². The van der Waals surface area contributed by atoms with Crippen molar-refractivity contribution >= 4 is 5.69 Å². The second-order valence-electron chi connectivity index (χ2n) is 2.83. The monoisotopic (exact) mass is 232 g/mol. The minimum Gasteiger partial charge on any atom is -0.495 e. The van der Waals surface area contributed by atoms with Gasteiger partial charge in [0.15, 0.2) is 0 Å². The lowest BCUT2D eigenvalue weighted by atomic mass is 10.2. The average Bonchev–Trinajstić information content (AvgIpc) is 2.34. The van der Waals surface area contributed by atoms with Crippen molar-refractivity contribution in [1.29, 1.82) is 0 Å². The number of hydrogen-bond donors (Lipinski definition) is 0. The number of methoxy groups -OCH3 is 1. The average molecular weight is 232 g/mol. The summed E-state index contributed by atoms with van der Waals surface area (Å²) >= 11 is 0. The Kier molecular flexibility index (Phi) is 4.36. The second kappa shape index (κ2) is 6.00. The Morgan fingerprint density at radius 3 is 3.00 bits per heavy atom. The Morgan fingerprint density at radius 2 is 2.41 bits per heavy atom. The summed E-state index contributed by atoms with van der Waals surface area (Å²) in [6.07, 6.45) is 0. The number of hydrogen-bond acceptors (Lipinski definition) is 4. The first-order valence-corrected chi connectivity index (χ1v) is 4.51. The van der Waals surface area contributed by atoms with Crippen molar-refractivity contribution < 1.29 is 9.66 Å². The van der Waals surface area contributed by atoms with E-state index in [9.17, 15) is 10.1 Å². The van der Waals surface area contributed by atoms with Crippen LogP contribution >= 0.6 is 0 Å². The first-order valence-electron chi connectivity index (χ1n) is 4.51. The molecular weight excluding hydrogens is 224 g/mol. The molecule has 1 aromatic carbocycles. The molecule has 1 aromatic rings. The predicted octanol–water partition coefficient (Wildman–Crippen LogP) is 2.27. The summed E-state index contributed by atoms with van der Waals surface area (Å²) in [6.45, 7) is 0.0383. The fourth-order valence-corrected chi connectivity index (χ4v) is 1.10. The van der Waals surface area contributed by atoms with Crippen LogP contribution in [0.5, 0.6) is 5.75 Å². The highest BCUT2D eigenvalue weighted by Gasteiger charge is 2.09. The third-order valence-electron chi connectivity index (χ3n) is 1.83. The van der Waals surface area contributed by atoms with Crippen molar-refractivity contribution in [2.45, 2.75) is 0 Å². The SMILES string of the molecule is COc1cc([N+](=O)[O-])ccc1C#CCN=[N+]=[N-]. The first kappa shape index (κ1) is 12.4. The number of nitrogens with zero attached hydrogens (tertiary/aromatic N) is 4. The van der Waals surface area contributed by atoms with E-state index in [-0.39, 0.29) is 12.2 Å². The molecule has 0 heterocycles. The summed E-state index contributed by atoms with van der Waals surface area (Å²) in [5.74, 6) is 5.62. The largest absolute Gasteiger partial charge is 0.495 e. The fourth-order valence-electron chi connectivity index (χ4n) is 1.10. The number of nitro groups is 1. The minimum absolute atomic E-state index is 0.0383. The van der Waals surface area contributed by atoms with Gasteiger partial charge in [-0.1, -0.05) is 17.0 Å². The van der Waals surface area contributed by atoms with Crippen LogP contribution in [0, 0.1) is 22.0 Å². The van der Waals surface area contributed by atoms with Gasteiger partial charge in [-0.05, 0) is 11.6 Å². The molecule has 0 aliphatic rings. The summed E-state index contributed by atoms with van der Waals surface area (Å²) in [5.41, 5.74) is 8.49. The molecule has 0 amide bonds. The van der Waals surface area contributed by atoms with Crippen molar-refractivity contribution in [2.24, 2.45) is 5.11 Å². The third-order valence-corrected chi connectivity index (χ3v) is 1.83. The van der Waals surface area contributed by atoms with E-state index in [4.69, 9.17) is 10.3 Å². The maximum atomic E-state index is 10.5. The summed E-state index contributed by atoms with van der Waals surface area (Å²) in [6, 6.07) is 4.11. The van der Waals surface area contributed by atoms with E-state index in [1.807, 2.05) is 0 Å². The molecule has 0 unspecified atom stereocenters. The summed E-state index contributed by atoms with van der Waals surface area (Å²) < 4.78 is 4.98. The number of ether oxygens (including phenoxy) is 1. The quantitative estimate of drug-likeness (QED) is 0.199. The Bertz CT molecular complexity index is 538. The van der Waals surface area contributed by atoms with Crippen LogP contribution in [-0.4, -0.2) is 18.6 Å². The van der Waals surface area contributed by atoms with Gasteiger partial charge in [0.1, 0.15) is 5.75 Å². The number of rotatable bonds is 3. The fraction of sp³-hybridized carbons (Fsp3) is 0.200. The zero-order valence-corrected chi connectivity index (χ0v) is 8.95. The van der Waals surface area contributed by atoms with Crippen LogP contribution in [0.3, 0.4) is 0 Å². The Balaban J connectivity index is 3.03. The number of non-ortho nitro benzene ring substituents is 1. The van der Waals surface area contributed by atoms with Crippen molar-refractivity contribution in [3.63, 3.8) is 0 Å². The predicted molar refractivity (Wildman–Crippen MR) is 60.5 cm³/mol. The van der Waals surface area contributed by atoms with Gasteiger partial charge in [-0.25, -0.2) is 0 Å². The van der Waals surface area contributed by atoms with Gasteiger partial charge in [0.05, 0.1) is 30.2 Å². The van der Waals surface area contributed by atoms with Gasteiger partial charge in [0, 0.05) is 11.0 Å². The molecule has 7 nitrogen and oxygen atoms in total. The molecule has 0 N–H and O–H groups in total. The third kappa shape index (κ3) is 3.41. The topological polar surface area (TPSA) is 101 Å². The molecule has 1 rings (SSSR count). The molecule has 17 heavy (non-hydrogen) atoms. The molecule has 0 fully saturated rings. The lowest BCUT2D eigenvalue weighted by Crippen LogP contribution is -1.92. The second-order valence-corrected chi connectivity index (χ2v) is 2.83. The minimum atomic E-state index is -0.514. The van der Waals surface area contributed by atoms with Crippen molar-refractivity contribution in [3.8, 4) is 17.6 Å². The van der Waals surface area contributed by atoms with E-state index < -0.39 is 4.92 Å². The smallest absolute Gasteiger partial charge is 0.273 e. The summed E-state index contributed by atoms with van der Waals surface area (Å²) in [5, 5.41) is 13.8.